The van der Waals surface area contributed by atoms with Gasteiger partial charge in [0.25, 0.3) is 0 Å². The maximum Gasteiger partial charge on any atom is 0.330 e. The van der Waals surface area contributed by atoms with Gasteiger partial charge in [0, 0.05) is 6.08 Å². The molecule has 0 amide bonds. The SMILES string of the molecule is CCOC(=O)C=C(C)CC(O)c1ccccc1. The predicted molar refractivity (Wildman–Crippen MR) is 66.4 cm³/mol. The molecular formula is C14H18O3. The van der Waals surface area contributed by atoms with Gasteiger partial charge in [-0.3, -0.25) is 0 Å². The number of aliphatic hydroxyl groups excluding tert-OH is 1. The first-order valence-corrected chi connectivity index (χ1v) is 5.70. The normalized spacial score (nSPS) is 13.2. The molecule has 3 nitrogen and oxygen atoms in total. The number of hydrogen-bond donors (Lipinski definition) is 1. The highest BCUT2D eigenvalue weighted by molar-refractivity contribution is 5.82. The van der Waals surface area contributed by atoms with E-state index in [4.69, 9.17) is 4.74 Å². The van der Waals surface area contributed by atoms with Crippen molar-refractivity contribution in [2.24, 2.45) is 0 Å². The number of carbonyl (C=O) groups excluding carboxylic acids is 1. The van der Waals surface area contributed by atoms with Crippen molar-refractivity contribution < 1.29 is 14.6 Å². The Morgan fingerprint density at radius 1 is 1.41 bits per heavy atom. The molecule has 0 saturated heterocycles. The zero-order valence-electron chi connectivity index (χ0n) is 10.2. The molecule has 0 saturated carbocycles. The van der Waals surface area contributed by atoms with Crippen LogP contribution in [0.25, 0.3) is 0 Å². The molecule has 1 N–H and O–H groups in total. The van der Waals surface area contributed by atoms with Gasteiger partial charge in [-0.25, -0.2) is 4.79 Å². The molecule has 0 heterocycles. The van der Waals surface area contributed by atoms with Gasteiger partial charge < -0.3 is 9.84 Å². The van der Waals surface area contributed by atoms with Crippen molar-refractivity contribution in [2.75, 3.05) is 6.61 Å². The van der Waals surface area contributed by atoms with Gasteiger partial charge in [-0.2, -0.15) is 0 Å². The van der Waals surface area contributed by atoms with Gasteiger partial charge in [0.1, 0.15) is 0 Å². The van der Waals surface area contributed by atoms with E-state index in [0.29, 0.717) is 13.0 Å². The lowest BCUT2D eigenvalue weighted by atomic mass is 10.0. The van der Waals surface area contributed by atoms with Gasteiger partial charge in [-0.05, 0) is 25.8 Å². The van der Waals surface area contributed by atoms with E-state index in [1.54, 1.807) is 6.92 Å². The molecule has 1 unspecified atom stereocenters. The van der Waals surface area contributed by atoms with Crippen molar-refractivity contribution in [3.63, 3.8) is 0 Å². The molecule has 1 aromatic carbocycles. The van der Waals surface area contributed by atoms with Crippen LogP contribution in [0.2, 0.25) is 0 Å². The van der Waals surface area contributed by atoms with E-state index >= 15 is 0 Å². The number of carbonyl (C=O) groups is 1. The molecule has 0 fully saturated rings. The molecule has 3 heteroatoms. The highest BCUT2D eigenvalue weighted by Crippen LogP contribution is 2.20. The minimum Gasteiger partial charge on any atom is -0.463 e. The van der Waals surface area contributed by atoms with Crippen LogP contribution in [0.1, 0.15) is 31.9 Å². The Kier molecular flexibility index (Phi) is 5.43. The lowest BCUT2D eigenvalue weighted by Crippen LogP contribution is -2.03. The van der Waals surface area contributed by atoms with Crippen molar-refractivity contribution in [1.82, 2.24) is 0 Å². The van der Waals surface area contributed by atoms with Gasteiger partial charge in [-0.15, -0.1) is 0 Å². The summed E-state index contributed by atoms with van der Waals surface area (Å²) in [6, 6.07) is 9.38. The van der Waals surface area contributed by atoms with Crippen LogP contribution in [0.3, 0.4) is 0 Å². The third-order valence-corrected chi connectivity index (χ3v) is 2.35. The summed E-state index contributed by atoms with van der Waals surface area (Å²) in [5, 5.41) is 9.94. The maximum atomic E-state index is 11.2. The minimum absolute atomic E-state index is 0.356. The van der Waals surface area contributed by atoms with Crippen molar-refractivity contribution in [2.45, 2.75) is 26.4 Å². The van der Waals surface area contributed by atoms with Gasteiger partial charge in [0.15, 0.2) is 0 Å². The summed E-state index contributed by atoms with van der Waals surface area (Å²) < 4.78 is 4.80. The largest absolute Gasteiger partial charge is 0.463 e. The van der Waals surface area contributed by atoms with Gasteiger partial charge in [-0.1, -0.05) is 35.9 Å². The van der Waals surface area contributed by atoms with E-state index in [0.717, 1.165) is 11.1 Å². The molecule has 17 heavy (non-hydrogen) atoms. The molecule has 92 valence electrons. The quantitative estimate of drug-likeness (QED) is 0.629. The van der Waals surface area contributed by atoms with Crippen molar-refractivity contribution >= 4 is 5.97 Å². The Bertz CT molecular complexity index is 382. The molecule has 1 aromatic rings. The van der Waals surface area contributed by atoms with Crippen LogP contribution in [0.5, 0.6) is 0 Å². The highest BCUT2D eigenvalue weighted by Gasteiger charge is 2.08. The lowest BCUT2D eigenvalue weighted by molar-refractivity contribution is -0.137. The summed E-state index contributed by atoms with van der Waals surface area (Å²) in [6.07, 6.45) is 1.28. The number of ether oxygens (including phenoxy) is 1. The van der Waals surface area contributed by atoms with Crippen molar-refractivity contribution in [1.29, 1.82) is 0 Å². The zero-order chi connectivity index (χ0) is 12.7. The van der Waals surface area contributed by atoms with Crippen LogP contribution in [-0.4, -0.2) is 17.7 Å². The van der Waals surface area contributed by atoms with Crippen LogP contribution in [0.15, 0.2) is 42.0 Å². The summed E-state index contributed by atoms with van der Waals surface area (Å²) in [6.45, 7) is 3.94. The van der Waals surface area contributed by atoms with E-state index < -0.39 is 6.10 Å². The van der Waals surface area contributed by atoms with E-state index in [1.165, 1.54) is 6.08 Å². The summed E-state index contributed by atoms with van der Waals surface area (Å²) in [5.74, 6) is -0.356. The molecule has 0 aliphatic heterocycles. The summed E-state index contributed by atoms with van der Waals surface area (Å²) in [7, 11) is 0. The van der Waals surface area contributed by atoms with E-state index in [9.17, 15) is 9.90 Å². The average Bonchev–Trinajstić information content (AvgIpc) is 2.30. The second-order valence-corrected chi connectivity index (χ2v) is 3.87. The second-order valence-electron chi connectivity index (χ2n) is 3.87. The first kappa shape index (κ1) is 13.5. The molecule has 0 radical (unpaired) electrons. The molecule has 1 atom stereocenters. The fourth-order valence-corrected chi connectivity index (χ4v) is 1.54. The Morgan fingerprint density at radius 2 is 2.06 bits per heavy atom. The van der Waals surface area contributed by atoms with E-state index in [2.05, 4.69) is 0 Å². The maximum absolute atomic E-state index is 11.2. The average molecular weight is 234 g/mol. The topological polar surface area (TPSA) is 46.5 Å². The van der Waals surface area contributed by atoms with Crippen LogP contribution in [0.4, 0.5) is 0 Å². The molecule has 0 aliphatic carbocycles. The fraction of sp³-hybridized carbons (Fsp3) is 0.357. The number of benzene rings is 1. The molecule has 0 bridgehead atoms. The Balaban J connectivity index is 2.57. The molecular weight excluding hydrogens is 216 g/mol. The third-order valence-electron chi connectivity index (χ3n) is 2.35. The molecule has 0 aliphatic rings. The van der Waals surface area contributed by atoms with Gasteiger partial charge in [0.05, 0.1) is 12.7 Å². The summed E-state index contributed by atoms with van der Waals surface area (Å²) >= 11 is 0. The Morgan fingerprint density at radius 3 is 2.65 bits per heavy atom. The highest BCUT2D eigenvalue weighted by atomic mass is 16.5. The Hall–Kier alpha value is -1.61. The number of rotatable bonds is 5. The minimum atomic E-state index is -0.582. The van der Waals surface area contributed by atoms with E-state index in [-0.39, 0.29) is 5.97 Å². The fourth-order valence-electron chi connectivity index (χ4n) is 1.54. The van der Waals surface area contributed by atoms with Gasteiger partial charge in [0.2, 0.25) is 0 Å². The van der Waals surface area contributed by atoms with E-state index in [1.807, 2.05) is 37.3 Å². The van der Waals surface area contributed by atoms with Crippen molar-refractivity contribution in [3.8, 4) is 0 Å². The van der Waals surface area contributed by atoms with Crippen molar-refractivity contribution in [3.05, 3.63) is 47.5 Å². The molecule has 0 spiro atoms. The van der Waals surface area contributed by atoms with Crippen LogP contribution >= 0.6 is 0 Å². The van der Waals surface area contributed by atoms with Crippen LogP contribution in [0, 0.1) is 0 Å². The first-order chi connectivity index (χ1) is 8.13. The van der Waals surface area contributed by atoms with Gasteiger partial charge >= 0.3 is 5.97 Å². The molecule has 0 aromatic heterocycles. The first-order valence-electron chi connectivity index (χ1n) is 5.70. The monoisotopic (exact) mass is 234 g/mol. The number of esters is 1. The smallest absolute Gasteiger partial charge is 0.330 e. The Labute approximate surface area is 102 Å². The summed E-state index contributed by atoms with van der Waals surface area (Å²) in [4.78, 5) is 11.2. The zero-order valence-corrected chi connectivity index (χ0v) is 10.2. The molecule has 1 rings (SSSR count). The standard InChI is InChI=1S/C14H18O3/c1-3-17-14(16)10-11(2)9-13(15)12-7-5-4-6-8-12/h4-8,10,13,15H,3,9H2,1-2H3. The number of hydrogen-bond acceptors (Lipinski definition) is 3. The predicted octanol–water partition coefficient (Wildman–Crippen LogP) is 2.62. The van der Waals surface area contributed by atoms with Crippen LogP contribution < -0.4 is 0 Å². The number of aliphatic hydroxyl groups is 1. The summed E-state index contributed by atoms with van der Waals surface area (Å²) in [5.41, 5.74) is 1.66. The third kappa shape index (κ3) is 4.83. The van der Waals surface area contributed by atoms with Crippen LogP contribution in [-0.2, 0) is 9.53 Å². The lowest BCUT2D eigenvalue weighted by Gasteiger charge is -2.10. The second kappa shape index (κ2) is 6.86.